The van der Waals surface area contributed by atoms with Crippen LogP contribution in [-0.2, 0) is 22.4 Å². The first-order chi connectivity index (χ1) is 15.4. The topological polar surface area (TPSA) is 120 Å². The number of amides is 1. The molecule has 2 aromatic carbocycles. The number of aryl methyl sites for hydroxylation is 2. The summed E-state index contributed by atoms with van der Waals surface area (Å²) in [6.45, 7) is 1.69. The van der Waals surface area contributed by atoms with Gasteiger partial charge in [0.1, 0.15) is 11.6 Å². The fourth-order valence-electron chi connectivity index (χ4n) is 3.63. The van der Waals surface area contributed by atoms with Gasteiger partial charge in [0.2, 0.25) is 5.91 Å². The molecule has 0 fully saturated rings. The van der Waals surface area contributed by atoms with Gasteiger partial charge in [-0.2, -0.15) is 0 Å². The van der Waals surface area contributed by atoms with E-state index in [4.69, 9.17) is 16.2 Å². The molecular formula is C25H30N4O3. The summed E-state index contributed by atoms with van der Waals surface area (Å²) in [5.74, 6) is 0.714. The van der Waals surface area contributed by atoms with Gasteiger partial charge in [0.05, 0.1) is 19.2 Å². The van der Waals surface area contributed by atoms with E-state index < -0.39 is 12.1 Å². The average Bonchev–Trinajstić information content (AvgIpc) is 2.81. The van der Waals surface area contributed by atoms with Crippen LogP contribution >= 0.6 is 0 Å². The molecule has 1 heterocycles. The van der Waals surface area contributed by atoms with Crippen LogP contribution in [0.1, 0.15) is 30.9 Å². The molecule has 5 N–H and O–H groups in total. The zero-order chi connectivity index (χ0) is 23.1. The van der Waals surface area contributed by atoms with Crippen molar-refractivity contribution in [3.05, 3.63) is 65.9 Å². The van der Waals surface area contributed by atoms with E-state index >= 15 is 0 Å². The predicted molar refractivity (Wildman–Crippen MR) is 126 cm³/mol. The van der Waals surface area contributed by atoms with Crippen molar-refractivity contribution in [3.63, 3.8) is 0 Å². The number of nitrogens with one attached hydrogen (secondary N) is 1. The third kappa shape index (κ3) is 5.82. The highest BCUT2D eigenvalue weighted by Gasteiger charge is 2.20. The summed E-state index contributed by atoms with van der Waals surface area (Å²) >= 11 is 0. The number of rotatable bonds is 10. The number of fused-ring (bicyclic) bond motifs is 1. The predicted octanol–water partition coefficient (Wildman–Crippen LogP) is 2.79. The van der Waals surface area contributed by atoms with Crippen LogP contribution in [0.4, 0.5) is 5.82 Å². The molecule has 2 atom stereocenters. The zero-order valence-corrected chi connectivity index (χ0v) is 18.5. The van der Waals surface area contributed by atoms with Gasteiger partial charge in [-0.05, 0) is 60.9 Å². The number of carbonyl (C=O) groups is 2. The summed E-state index contributed by atoms with van der Waals surface area (Å²) in [4.78, 5) is 29.2. The van der Waals surface area contributed by atoms with Crippen LogP contribution in [0.25, 0.3) is 10.8 Å². The minimum Gasteiger partial charge on any atom is -0.496 e. The molecule has 0 bridgehead atoms. The smallest absolute Gasteiger partial charge is 0.237 e. The normalized spacial score (nSPS) is 12.8. The number of nitrogens with two attached hydrogens (primary N) is 2. The maximum Gasteiger partial charge on any atom is 0.237 e. The van der Waals surface area contributed by atoms with Gasteiger partial charge in [-0.25, -0.2) is 4.98 Å². The summed E-state index contributed by atoms with van der Waals surface area (Å²) in [6, 6.07) is 14.3. The lowest BCUT2D eigenvalue weighted by Gasteiger charge is -2.17. The number of aromatic nitrogens is 1. The number of pyridine rings is 1. The van der Waals surface area contributed by atoms with Gasteiger partial charge in [0.15, 0.2) is 5.78 Å². The van der Waals surface area contributed by atoms with Crippen molar-refractivity contribution in [1.29, 1.82) is 0 Å². The van der Waals surface area contributed by atoms with Gasteiger partial charge in [-0.3, -0.25) is 9.59 Å². The van der Waals surface area contributed by atoms with Gasteiger partial charge >= 0.3 is 0 Å². The molecule has 0 aliphatic carbocycles. The van der Waals surface area contributed by atoms with Gasteiger partial charge in [-0.1, -0.05) is 30.3 Å². The molecule has 0 unspecified atom stereocenters. The maximum absolute atomic E-state index is 12.6. The summed E-state index contributed by atoms with van der Waals surface area (Å²) in [7, 11) is 1.58. The van der Waals surface area contributed by atoms with E-state index in [1.807, 2.05) is 48.5 Å². The Labute approximate surface area is 188 Å². The molecule has 7 heteroatoms. The summed E-state index contributed by atoms with van der Waals surface area (Å²) in [6.07, 6.45) is 3.63. The largest absolute Gasteiger partial charge is 0.496 e. The number of methoxy groups -OCH3 is 1. The molecular weight excluding hydrogens is 404 g/mol. The van der Waals surface area contributed by atoms with E-state index in [1.165, 1.54) is 0 Å². The lowest BCUT2D eigenvalue weighted by molar-refractivity contribution is -0.128. The molecule has 7 nitrogen and oxygen atoms in total. The Balaban J connectivity index is 1.54. The number of ketones is 1. The molecule has 3 aromatic rings. The van der Waals surface area contributed by atoms with Crippen LogP contribution in [0.2, 0.25) is 0 Å². The first-order valence-electron chi connectivity index (χ1n) is 10.7. The van der Waals surface area contributed by atoms with Crippen molar-refractivity contribution in [3.8, 4) is 5.75 Å². The molecule has 1 aromatic heterocycles. The monoisotopic (exact) mass is 434 g/mol. The number of hydrogen-bond donors (Lipinski definition) is 3. The van der Waals surface area contributed by atoms with E-state index in [-0.39, 0.29) is 18.1 Å². The summed E-state index contributed by atoms with van der Waals surface area (Å²) in [5, 5.41) is 4.49. The minimum absolute atomic E-state index is 0.0648. The number of Topliss-reactive ketones (excluding diaryl/α,β-unsaturated/α-hetero) is 1. The maximum atomic E-state index is 12.6. The summed E-state index contributed by atoms with van der Waals surface area (Å²) < 4.78 is 5.48. The minimum atomic E-state index is -0.662. The van der Waals surface area contributed by atoms with E-state index in [1.54, 1.807) is 20.2 Å². The van der Waals surface area contributed by atoms with Crippen LogP contribution in [-0.4, -0.2) is 35.9 Å². The highest BCUT2D eigenvalue weighted by molar-refractivity contribution is 5.93. The van der Waals surface area contributed by atoms with E-state index in [2.05, 4.69) is 10.3 Å². The fourth-order valence-corrected chi connectivity index (χ4v) is 3.63. The summed E-state index contributed by atoms with van der Waals surface area (Å²) in [5.41, 5.74) is 14.0. The van der Waals surface area contributed by atoms with Gasteiger partial charge in [0, 0.05) is 18.0 Å². The van der Waals surface area contributed by atoms with Crippen LogP contribution in [0, 0.1) is 0 Å². The second kappa shape index (κ2) is 10.7. The number of anilines is 1. The Morgan fingerprint density at radius 1 is 1.12 bits per heavy atom. The van der Waals surface area contributed by atoms with Gasteiger partial charge in [-0.15, -0.1) is 0 Å². The Hall–Kier alpha value is -3.45. The number of ether oxygens (including phenoxy) is 1. The van der Waals surface area contributed by atoms with Gasteiger partial charge < -0.3 is 21.5 Å². The molecule has 1 amide bonds. The quantitative estimate of drug-likeness (QED) is 0.451. The van der Waals surface area contributed by atoms with Gasteiger partial charge in [0.25, 0.3) is 0 Å². The first kappa shape index (κ1) is 23.2. The van der Waals surface area contributed by atoms with Crippen molar-refractivity contribution in [1.82, 2.24) is 10.3 Å². The van der Waals surface area contributed by atoms with Crippen LogP contribution in [0.5, 0.6) is 5.75 Å². The highest BCUT2D eigenvalue weighted by Crippen LogP contribution is 2.29. The molecule has 168 valence electrons. The Morgan fingerprint density at radius 2 is 1.88 bits per heavy atom. The Bertz CT molecular complexity index is 1090. The molecule has 32 heavy (non-hydrogen) atoms. The molecule has 0 aliphatic rings. The second-order valence-corrected chi connectivity index (χ2v) is 7.91. The number of nitrogens with zero attached hydrogens (tertiary/aromatic N) is 1. The van der Waals surface area contributed by atoms with Crippen molar-refractivity contribution >= 4 is 28.3 Å². The van der Waals surface area contributed by atoms with E-state index in [0.717, 1.165) is 21.9 Å². The molecule has 0 saturated carbocycles. The van der Waals surface area contributed by atoms with E-state index in [9.17, 15) is 9.59 Å². The molecule has 0 saturated heterocycles. The zero-order valence-electron chi connectivity index (χ0n) is 18.5. The molecule has 3 rings (SSSR count). The van der Waals surface area contributed by atoms with Crippen molar-refractivity contribution in [2.75, 3.05) is 12.8 Å². The number of carbonyl (C=O) groups excluding carboxylic acids is 2. The second-order valence-electron chi connectivity index (χ2n) is 7.91. The fraction of sp³-hybridized carbons (Fsp3) is 0.320. The molecule has 0 spiro atoms. The number of nitrogen functional groups attached to an aromatic ring is 1. The third-order valence-electron chi connectivity index (χ3n) is 5.60. The SMILES string of the molecule is COc1cc2c(N)nccc2cc1CCC(=O)[C@H](C)NC(=O)[C@H](N)CCc1ccccc1. The number of benzene rings is 2. The Kier molecular flexibility index (Phi) is 7.78. The lowest BCUT2D eigenvalue weighted by atomic mass is 10.00. The Morgan fingerprint density at radius 3 is 2.59 bits per heavy atom. The highest BCUT2D eigenvalue weighted by atomic mass is 16.5. The van der Waals surface area contributed by atoms with Crippen LogP contribution in [0.15, 0.2) is 54.7 Å². The van der Waals surface area contributed by atoms with Crippen molar-refractivity contribution in [2.45, 2.75) is 44.7 Å². The third-order valence-corrected chi connectivity index (χ3v) is 5.60. The lowest BCUT2D eigenvalue weighted by Crippen LogP contribution is -2.47. The van der Waals surface area contributed by atoms with Crippen LogP contribution in [0.3, 0.4) is 0 Å². The number of hydrogen-bond acceptors (Lipinski definition) is 6. The van der Waals surface area contributed by atoms with Crippen LogP contribution < -0.4 is 21.5 Å². The standard InChI is InChI=1S/C25H30N4O3/c1-16(29-25(31)21(26)10-8-17-6-4-3-5-7-17)22(30)11-9-19-14-18-12-13-28-24(27)20(18)15-23(19)32-2/h3-7,12-16,21H,8-11,26H2,1-2H3,(H2,27,28)(H,29,31)/t16-,21+/m0/s1. The average molecular weight is 435 g/mol. The molecule has 0 radical (unpaired) electrons. The first-order valence-corrected chi connectivity index (χ1v) is 10.7. The van der Waals surface area contributed by atoms with E-state index in [0.29, 0.717) is 30.8 Å². The van der Waals surface area contributed by atoms with Crippen molar-refractivity contribution in [2.24, 2.45) is 5.73 Å². The molecule has 0 aliphatic heterocycles. The van der Waals surface area contributed by atoms with Crippen molar-refractivity contribution < 1.29 is 14.3 Å².